The van der Waals surface area contributed by atoms with Gasteiger partial charge in [0.2, 0.25) is 0 Å². The average Bonchev–Trinajstić information content (AvgIpc) is 2.58. The van der Waals surface area contributed by atoms with E-state index >= 15 is 0 Å². The monoisotopic (exact) mass is 379 g/mol. The van der Waals surface area contributed by atoms with Crippen molar-refractivity contribution in [3.63, 3.8) is 0 Å². The Bertz CT molecular complexity index is 609. The summed E-state index contributed by atoms with van der Waals surface area (Å²) in [6.45, 7) is 7.15. The van der Waals surface area contributed by atoms with Crippen LogP contribution in [0.1, 0.15) is 52.5 Å². The number of carbonyl (C=O) groups is 3. The third-order valence-corrected chi connectivity index (χ3v) is 3.35. The van der Waals surface area contributed by atoms with E-state index in [0.29, 0.717) is 12.8 Å². The van der Waals surface area contributed by atoms with Crippen LogP contribution in [-0.4, -0.2) is 36.3 Å². The van der Waals surface area contributed by atoms with Crippen molar-refractivity contribution in [2.45, 2.75) is 65.2 Å². The van der Waals surface area contributed by atoms with Crippen LogP contribution < -0.4 is 5.32 Å². The average molecular weight is 379 g/mol. The molecule has 0 aliphatic carbocycles. The second-order valence-electron chi connectivity index (χ2n) is 7.14. The number of ether oxygens (including phenoxy) is 3. The van der Waals surface area contributed by atoms with Gasteiger partial charge in [-0.15, -0.1) is 0 Å². The van der Waals surface area contributed by atoms with Crippen molar-refractivity contribution >= 4 is 18.0 Å². The SMILES string of the molecule is C[C@H](NC(=O)OC(C)(C)C)C(=O)OCCCCC(=O)OCc1ccccc1. The summed E-state index contributed by atoms with van der Waals surface area (Å²) in [5.41, 5.74) is 0.300. The highest BCUT2D eigenvalue weighted by Crippen LogP contribution is 2.07. The molecule has 1 rings (SSSR count). The Morgan fingerprint density at radius 2 is 1.70 bits per heavy atom. The lowest BCUT2D eigenvalue weighted by Crippen LogP contribution is -2.42. The van der Waals surface area contributed by atoms with Crippen LogP contribution in [-0.2, 0) is 30.4 Å². The number of carbonyl (C=O) groups excluding carboxylic acids is 3. The summed E-state index contributed by atoms with van der Waals surface area (Å²) in [4.78, 5) is 35.1. The molecule has 0 bridgehead atoms. The molecule has 7 nitrogen and oxygen atoms in total. The van der Waals surface area contributed by atoms with E-state index in [0.717, 1.165) is 5.56 Å². The predicted octanol–water partition coefficient (Wildman–Crippen LogP) is 3.36. The van der Waals surface area contributed by atoms with Gasteiger partial charge in [-0.25, -0.2) is 9.59 Å². The fourth-order valence-corrected chi connectivity index (χ4v) is 2.02. The van der Waals surface area contributed by atoms with Gasteiger partial charge in [-0.3, -0.25) is 4.79 Å². The van der Waals surface area contributed by atoms with Gasteiger partial charge in [-0.2, -0.15) is 0 Å². The lowest BCUT2D eigenvalue weighted by atomic mass is 10.2. The third kappa shape index (κ3) is 10.9. The molecule has 1 aromatic carbocycles. The molecule has 0 unspecified atom stereocenters. The molecule has 0 radical (unpaired) electrons. The maximum absolute atomic E-state index is 11.8. The van der Waals surface area contributed by atoms with Crippen LogP contribution in [0.2, 0.25) is 0 Å². The van der Waals surface area contributed by atoms with Crippen molar-refractivity contribution in [2.75, 3.05) is 6.61 Å². The van der Waals surface area contributed by atoms with Crippen LogP contribution in [0.5, 0.6) is 0 Å². The zero-order valence-electron chi connectivity index (χ0n) is 16.4. The standard InChI is InChI=1S/C20H29NO6/c1-15(21-19(24)27-20(2,3)4)18(23)25-13-9-8-12-17(22)26-14-16-10-6-5-7-11-16/h5-7,10-11,15H,8-9,12-14H2,1-4H3,(H,21,24)/t15-/m0/s1. The highest BCUT2D eigenvalue weighted by Gasteiger charge is 2.21. The molecule has 1 amide bonds. The molecule has 0 heterocycles. The van der Waals surface area contributed by atoms with E-state index in [1.54, 1.807) is 20.8 Å². The van der Waals surface area contributed by atoms with E-state index in [-0.39, 0.29) is 25.6 Å². The summed E-state index contributed by atoms with van der Waals surface area (Å²) in [5.74, 6) is -0.836. The van der Waals surface area contributed by atoms with Gasteiger partial charge >= 0.3 is 18.0 Å². The molecule has 0 aliphatic heterocycles. The van der Waals surface area contributed by atoms with E-state index in [4.69, 9.17) is 14.2 Å². The summed E-state index contributed by atoms with van der Waals surface area (Å²) in [7, 11) is 0. The second kappa shape index (κ2) is 11.2. The number of alkyl carbamates (subject to hydrolysis) is 1. The van der Waals surface area contributed by atoms with Crippen LogP contribution >= 0.6 is 0 Å². The Kier molecular flexibility index (Phi) is 9.33. The molecular formula is C20H29NO6. The van der Waals surface area contributed by atoms with Gasteiger partial charge in [0.25, 0.3) is 0 Å². The number of unbranched alkanes of at least 4 members (excludes halogenated alkanes) is 1. The molecule has 0 saturated carbocycles. The first-order valence-electron chi connectivity index (χ1n) is 9.03. The minimum absolute atomic E-state index is 0.172. The van der Waals surface area contributed by atoms with Crippen molar-refractivity contribution in [3.8, 4) is 0 Å². The van der Waals surface area contributed by atoms with Gasteiger partial charge in [0.15, 0.2) is 0 Å². The van der Waals surface area contributed by atoms with Crippen molar-refractivity contribution in [1.29, 1.82) is 0 Å². The van der Waals surface area contributed by atoms with E-state index < -0.39 is 23.7 Å². The van der Waals surface area contributed by atoms with Gasteiger partial charge in [-0.1, -0.05) is 30.3 Å². The molecule has 150 valence electrons. The number of nitrogens with one attached hydrogen (secondary N) is 1. The predicted molar refractivity (Wildman–Crippen MR) is 99.9 cm³/mol. The maximum atomic E-state index is 11.8. The smallest absolute Gasteiger partial charge is 0.408 e. The third-order valence-electron chi connectivity index (χ3n) is 3.35. The lowest BCUT2D eigenvalue weighted by molar-refractivity contribution is -0.146. The van der Waals surface area contributed by atoms with Crippen LogP contribution in [0.3, 0.4) is 0 Å². The Hall–Kier alpha value is -2.57. The molecule has 0 spiro atoms. The quantitative estimate of drug-likeness (QED) is 0.402. The minimum Gasteiger partial charge on any atom is -0.464 e. The van der Waals surface area contributed by atoms with E-state index in [1.807, 2.05) is 30.3 Å². The Labute approximate surface area is 160 Å². The molecule has 27 heavy (non-hydrogen) atoms. The molecule has 0 aromatic heterocycles. The van der Waals surface area contributed by atoms with Crippen molar-refractivity contribution in [3.05, 3.63) is 35.9 Å². The first kappa shape index (κ1) is 22.5. The van der Waals surface area contributed by atoms with Crippen LogP contribution in [0.4, 0.5) is 4.79 Å². The molecule has 1 N–H and O–H groups in total. The second-order valence-corrected chi connectivity index (χ2v) is 7.14. The molecule has 1 atom stereocenters. The Morgan fingerprint density at radius 3 is 2.33 bits per heavy atom. The summed E-state index contributed by atoms with van der Waals surface area (Å²) in [5, 5.41) is 2.42. The maximum Gasteiger partial charge on any atom is 0.408 e. The summed E-state index contributed by atoms with van der Waals surface area (Å²) >= 11 is 0. The summed E-state index contributed by atoms with van der Waals surface area (Å²) in [6.07, 6.45) is 0.670. The molecule has 0 saturated heterocycles. The first-order chi connectivity index (χ1) is 12.7. The highest BCUT2D eigenvalue weighted by molar-refractivity contribution is 5.81. The first-order valence-corrected chi connectivity index (χ1v) is 9.03. The Morgan fingerprint density at radius 1 is 1.04 bits per heavy atom. The number of amides is 1. The van der Waals surface area contributed by atoms with E-state index in [2.05, 4.69) is 5.32 Å². The van der Waals surface area contributed by atoms with Gasteiger partial charge in [0.05, 0.1) is 6.61 Å². The fourth-order valence-electron chi connectivity index (χ4n) is 2.02. The van der Waals surface area contributed by atoms with Gasteiger partial charge in [-0.05, 0) is 46.1 Å². The zero-order chi connectivity index (χ0) is 20.3. The Balaban J connectivity index is 2.11. The topological polar surface area (TPSA) is 90.9 Å². The van der Waals surface area contributed by atoms with Gasteiger partial charge in [0, 0.05) is 6.42 Å². The van der Waals surface area contributed by atoms with Crippen molar-refractivity contribution in [2.24, 2.45) is 0 Å². The minimum atomic E-state index is -0.810. The molecule has 1 aromatic rings. The zero-order valence-corrected chi connectivity index (χ0v) is 16.4. The fraction of sp³-hybridized carbons (Fsp3) is 0.550. The number of benzene rings is 1. The lowest BCUT2D eigenvalue weighted by Gasteiger charge is -2.21. The summed E-state index contributed by atoms with van der Waals surface area (Å²) in [6, 6.07) is 8.64. The molecule has 0 aliphatic rings. The number of rotatable bonds is 9. The van der Waals surface area contributed by atoms with E-state index in [1.165, 1.54) is 6.92 Å². The van der Waals surface area contributed by atoms with Gasteiger partial charge < -0.3 is 19.5 Å². The van der Waals surface area contributed by atoms with Crippen molar-refractivity contribution in [1.82, 2.24) is 5.32 Å². The van der Waals surface area contributed by atoms with Crippen LogP contribution in [0, 0.1) is 0 Å². The van der Waals surface area contributed by atoms with E-state index in [9.17, 15) is 14.4 Å². The summed E-state index contributed by atoms with van der Waals surface area (Å²) < 4.78 is 15.3. The van der Waals surface area contributed by atoms with Crippen LogP contribution in [0.15, 0.2) is 30.3 Å². The molecule has 0 fully saturated rings. The number of hydrogen-bond donors (Lipinski definition) is 1. The molecular weight excluding hydrogens is 350 g/mol. The highest BCUT2D eigenvalue weighted by atomic mass is 16.6. The van der Waals surface area contributed by atoms with Crippen molar-refractivity contribution < 1.29 is 28.6 Å². The largest absolute Gasteiger partial charge is 0.464 e. The number of esters is 2. The van der Waals surface area contributed by atoms with Gasteiger partial charge in [0.1, 0.15) is 18.2 Å². The molecule has 7 heteroatoms. The normalized spacial score (nSPS) is 12.0. The van der Waals surface area contributed by atoms with Crippen LogP contribution in [0.25, 0.3) is 0 Å². The number of hydrogen-bond acceptors (Lipinski definition) is 6.